The van der Waals surface area contributed by atoms with Gasteiger partial charge in [-0.25, -0.2) is 9.78 Å². The van der Waals surface area contributed by atoms with Crippen LogP contribution in [0.1, 0.15) is 22.6 Å². The lowest BCUT2D eigenvalue weighted by Gasteiger charge is -2.22. The molecule has 7 nitrogen and oxygen atoms in total. The highest BCUT2D eigenvalue weighted by Gasteiger charge is 2.17. The molecule has 0 bridgehead atoms. The summed E-state index contributed by atoms with van der Waals surface area (Å²) in [6, 6.07) is 20.7. The fourth-order valence-electron chi connectivity index (χ4n) is 3.80. The summed E-state index contributed by atoms with van der Waals surface area (Å²) in [7, 11) is 0. The van der Waals surface area contributed by atoms with Crippen LogP contribution in [0.3, 0.4) is 0 Å². The van der Waals surface area contributed by atoms with Crippen molar-refractivity contribution >= 4 is 28.0 Å². The van der Waals surface area contributed by atoms with Gasteiger partial charge in [-0.3, -0.25) is 4.40 Å². The average Bonchev–Trinajstić information content (AvgIpc) is 3.61. The summed E-state index contributed by atoms with van der Waals surface area (Å²) in [5, 5.41) is 14.0. The molecule has 5 aromatic rings. The largest absolute Gasteiger partial charge is 0.467 e. The first-order valence-corrected chi connectivity index (χ1v) is 12.1. The first kappa shape index (κ1) is 22.4. The molecular weight excluding hydrogens is 458 g/mol. The van der Waals surface area contributed by atoms with Gasteiger partial charge < -0.3 is 14.6 Å². The molecule has 5 rings (SSSR count). The number of rotatable bonds is 7. The lowest BCUT2D eigenvalue weighted by atomic mass is 10.1. The van der Waals surface area contributed by atoms with Gasteiger partial charge in [0.1, 0.15) is 5.76 Å². The number of furan rings is 1. The van der Waals surface area contributed by atoms with Crippen molar-refractivity contribution in [3.05, 3.63) is 101 Å². The molecule has 2 aromatic carbocycles. The van der Waals surface area contributed by atoms with Gasteiger partial charge in [0, 0.05) is 41.5 Å². The van der Waals surface area contributed by atoms with Crippen molar-refractivity contribution in [2.75, 3.05) is 11.9 Å². The molecule has 35 heavy (non-hydrogen) atoms. The Bertz CT molecular complexity index is 1480. The van der Waals surface area contributed by atoms with E-state index in [4.69, 9.17) is 14.7 Å². The highest BCUT2D eigenvalue weighted by molar-refractivity contribution is 7.15. The number of hydrogen-bond acceptors (Lipinski definition) is 5. The van der Waals surface area contributed by atoms with Gasteiger partial charge in [-0.1, -0.05) is 29.8 Å². The minimum atomic E-state index is -0.233. The number of fused-ring (bicyclic) bond motifs is 1. The van der Waals surface area contributed by atoms with Crippen LogP contribution >= 0.6 is 11.3 Å². The van der Waals surface area contributed by atoms with E-state index in [2.05, 4.69) is 58.6 Å². The van der Waals surface area contributed by atoms with Crippen molar-refractivity contribution in [2.24, 2.45) is 0 Å². The molecule has 1 N–H and O–H groups in total. The molecule has 0 unspecified atom stereocenters. The van der Waals surface area contributed by atoms with Crippen LogP contribution in [0.4, 0.5) is 10.5 Å². The van der Waals surface area contributed by atoms with Gasteiger partial charge in [-0.05, 0) is 43.3 Å². The highest BCUT2D eigenvalue weighted by atomic mass is 32.1. The summed E-state index contributed by atoms with van der Waals surface area (Å²) >= 11 is 1.59. The number of imidazole rings is 1. The van der Waals surface area contributed by atoms with Crippen LogP contribution in [-0.2, 0) is 13.0 Å². The number of nitrogens with zero attached hydrogens (tertiary/aromatic N) is 4. The molecule has 3 aromatic heterocycles. The predicted octanol–water partition coefficient (Wildman–Crippen LogP) is 6.11. The maximum atomic E-state index is 13.1. The van der Waals surface area contributed by atoms with E-state index in [1.165, 1.54) is 5.56 Å². The van der Waals surface area contributed by atoms with Crippen LogP contribution in [0.15, 0.2) is 82.9 Å². The summed E-state index contributed by atoms with van der Waals surface area (Å²) < 4.78 is 7.59. The molecule has 0 radical (unpaired) electrons. The Hall–Kier alpha value is -4.35. The topological polar surface area (TPSA) is 86.6 Å². The molecule has 0 atom stereocenters. The summed E-state index contributed by atoms with van der Waals surface area (Å²) in [5.41, 5.74) is 5.50. The summed E-state index contributed by atoms with van der Waals surface area (Å²) in [4.78, 5) is 20.5. The maximum absolute atomic E-state index is 13.1. The molecule has 0 aliphatic carbocycles. The van der Waals surface area contributed by atoms with Gasteiger partial charge in [-0.15, -0.1) is 11.3 Å². The molecule has 0 saturated heterocycles. The van der Waals surface area contributed by atoms with Crippen molar-refractivity contribution in [2.45, 2.75) is 19.9 Å². The molecule has 0 aliphatic heterocycles. The van der Waals surface area contributed by atoms with Gasteiger partial charge in [0.25, 0.3) is 0 Å². The number of anilines is 1. The number of hydrogen-bond donors (Lipinski definition) is 1. The van der Waals surface area contributed by atoms with Crippen LogP contribution in [-0.4, -0.2) is 26.9 Å². The molecule has 3 heterocycles. The number of benzene rings is 2. The van der Waals surface area contributed by atoms with Crippen LogP contribution in [0.5, 0.6) is 0 Å². The van der Waals surface area contributed by atoms with Crippen molar-refractivity contribution in [1.29, 1.82) is 5.26 Å². The van der Waals surface area contributed by atoms with E-state index in [9.17, 15) is 4.79 Å². The zero-order valence-corrected chi connectivity index (χ0v) is 20.0. The zero-order chi connectivity index (χ0) is 24.2. The molecule has 0 spiro atoms. The molecule has 0 aliphatic rings. The number of urea groups is 1. The number of carbonyl (C=O) groups is 1. The molecule has 0 fully saturated rings. The summed E-state index contributed by atoms with van der Waals surface area (Å²) in [6.07, 6.45) is 4.32. The Balaban J connectivity index is 1.33. The second-order valence-electron chi connectivity index (χ2n) is 8.24. The first-order valence-electron chi connectivity index (χ1n) is 11.2. The molecular formula is C27H23N5O2S. The fourth-order valence-corrected chi connectivity index (χ4v) is 4.70. The number of aryl methyl sites for hydroxylation is 1. The third-order valence-electron chi connectivity index (χ3n) is 5.75. The average molecular weight is 482 g/mol. The van der Waals surface area contributed by atoms with E-state index >= 15 is 0 Å². The Morgan fingerprint density at radius 1 is 1.17 bits per heavy atom. The molecule has 174 valence electrons. The predicted molar refractivity (Wildman–Crippen MR) is 136 cm³/mol. The minimum absolute atomic E-state index is 0.233. The monoisotopic (exact) mass is 481 g/mol. The van der Waals surface area contributed by atoms with Gasteiger partial charge >= 0.3 is 6.03 Å². The van der Waals surface area contributed by atoms with Crippen molar-refractivity contribution in [3.63, 3.8) is 0 Å². The van der Waals surface area contributed by atoms with Crippen LogP contribution in [0, 0.1) is 18.3 Å². The van der Waals surface area contributed by atoms with E-state index in [0.717, 1.165) is 21.9 Å². The second kappa shape index (κ2) is 9.87. The van der Waals surface area contributed by atoms with Gasteiger partial charge in [0.2, 0.25) is 0 Å². The van der Waals surface area contributed by atoms with Gasteiger partial charge in [0.05, 0.1) is 30.1 Å². The minimum Gasteiger partial charge on any atom is -0.467 e. The van der Waals surface area contributed by atoms with Gasteiger partial charge in [-0.2, -0.15) is 5.26 Å². The van der Waals surface area contributed by atoms with Crippen LogP contribution in [0.2, 0.25) is 0 Å². The molecule has 0 saturated carbocycles. The van der Waals surface area contributed by atoms with Crippen molar-refractivity contribution in [3.8, 4) is 17.3 Å². The second-order valence-corrected chi connectivity index (χ2v) is 9.08. The SMILES string of the molecule is Cc1ccc(-c2cn3c(CCN(Cc4ccco4)C(=O)Nc4ccc(C#N)cc4)csc3n2)cc1. The van der Waals surface area contributed by atoms with E-state index in [-0.39, 0.29) is 6.03 Å². The Kier molecular flexibility index (Phi) is 6.33. The van der Waals surface area contributed by atoms with Crippen molar-refractivity contribution in [1.82, 2.24) is 14.3 Å². The Labute approximate surface area is 206 Å². The third kappa shape index (κ3) is 5.10. The number of thiazole rings is 1. The summed E-state index contributed by atoms with van der Waals surface area (Å²) in [5.74, 6) is 0.708. The van der Waals surface area contributed by atoms with E-state index in [1.54, 1.807) is 46.8 Å². The van der Waals surface area contributed by atoms with Crippen LogP contribution in [0.25, 0.3) is 16.2 Å². The Morgan fingerprint density at radius 3 is 2.69 bits per heavy atom. The van der Waals surface area contributed by atoms with E-state index < -0.39 is 0 Å². The lowest BCUT2D eigenvalue weighted by Crippen LogP contribution is -2.36. The normalized spacial score (nSPS) is 10.9. The quantitative estimate of drug-likeness (QED) is 0.304. The standard InChI is InChI=1S/C27H23N5O2S/c1-19-4-8-21(9-5-19)25-17-32-23(18-35-27(32)30-25)12-13-31(16-24-3-2-14-34-24)26(33)29-22-10-6-20(15-28)7-11-22/h2-11,14,17-18H,12-13,16H2,1H3,(H,29,33). The van der Waals surface area contributed by atoms with Gasteiger partial charge in [0.15, 0.2) is 4.96 Å². The zero-order valence-electron chi connectivity index (χ0n) is 19.1. The lowest BCUT2D eigenvalue weighted by molar-refractivity contribution is 0.204. The molecule has 8 heteroatoms. The van der Waals surface area contributed by atoms with E-state index in [0.29, 0.717) is 36.5 Å². The van der Waals surface area contributed by atoms with Crippen LogP contribution < -0.4 is 5.32 Å². The number of aromatic nitrogens is 2. The molecule has 2 amide bonds. The Morgan fingerprint density at radius 2 is 1.97 bits per heavy atom. The van der Waals surface area contributed by atoms with Crippen molar-refractivity contribution < 1.29 is 9.21 Å². The fraction of sp³-hybridized carbons (Fsp3) is 0.148. The highest BCUT2D eigenvalue weighted by Crippen LogP contribution is 2.24. The van der Waals surface area contributed by atoms with E-state index in [1.807, 2.05) is 12.1 Å². The smallest absolute Gasteiger partial charge is 0.322 e. The summed E-state index contributed by atoms with van der Waals surface area (Å²) in [6.45, 7) is 2.91. The first-order chi connectivity index (χ1) is 17.1. The third-order valence-corrected chi connectivity index (χ3v) is 6.64. The maximum Gasteiger partial charge on any atom is 0.322 e. The number of nitriles is 1. The number of carbonyl (C=O) groups excluding carboxylic acids is 1. The number of amides is 2. The number of nitrogens with one attached hydrogen (secondary N) is 1.